The fourth-order valence-electron chi connectivity index (χ4n) is 2.06. The zero-order valence-electron chi connectivity index (χ0n) is 10.00. The zero-order valence-corrected chi connectivity index (χ0v) is 10.00. The molecule has 2 N–H and O–H groups in total. The molecule has 0 atom stereocenters. The first-order chi connectivity index (χ1) is 8.74. The third-order valence-electron chi connectivity index (χ3n) is 2.93. The van der Waals surface area contributed by atoms with Crippen LogP contribution in [-0.4, -0.2) is 19.7 Å². The molecule has 1 aromatic carbocycles. The molecule has 0 amide bonds. The summed E-state index contributed by atoms with van der Waals surface area (Å²) in [6, 6.07) is 5.75. The summed E-state index contributed by atoms with van der Waals surface area (Å²) >= 11 is 0. The van der Waals surface area contributed by atoms with Gasteiger partial charge >= 0.3 is 0 Å². The highest BCUT2D eigenvalue weighted by molar-refractivity contribution is 5.79. The second-order valence-corrected chi connectivity index (χ2v) is 4.16. The molecule has 3 aromatic rings. The second kappa shape index (κ2) is 4.14. The number of hydrogen-bond donors (Lipinski definition) is 1. The molecular formula is C12H13N5O. The van der Waals surface area contributed by atoms with Crippen LogP contribution in [0, 0.1) is 6.92 Å². The lowest BCUT2D eigenvalue weighted by atomic mass is 10.3. The van der Waals surface area contributed by atoms with Gasteiger partial charge in [0.15, 0.2) is 5.82 Å². The van der Waals surface area contributed by atoms with Gasteiger partial charge in [-0.1, -0.05) is 5.16 Å². The van der Waals surface area contributed by atoms with Crippen LogP contribution in [0.5, 0.6) is 0 Å². The maximum atomic E-state index is 5.75. The first-order valence-corrected chi connectivity index (χ1v) is 5.71. The Morgan fingerprint density at radius 1 is 1.39 bits per heavy atom. The van der Waals surface area contributed by atoms with Gasteiger partial charge in [-0.2, -0.15) is 4.98 Å². The van der Waals surface area contributed by atoms with Crippen LogP contribution in [0.2, 0.25) is 0 Å². The Morgan fingerprint density at radius 3 is 3.06 bits per heavy atom. The summed E-state index contributed by atoms with van der Waals surface area (Å²) in [5.74, 6) is 1.66. The number of anilines is 1. The van der Waals surface area contributed by atoms with E-state index in [0.29, 0.717) is 12.2 Å². The fraction of sp³-hybridized carbons (Fsp3) is 0.250. The van der Waals surface area contributed by atoms with Crippen LogP contribution in [0.25, 0.3) is 11.0 Å². The van der Waals surface area contributed by atoms with Crippen molar-refractivity contribution in [2.45, 2.75) is 19.9 Å². The van der Waals surface area contributed by atoms with Crippen LogP contribution in [0.1, 0.15) is 11.6 Å². The van der Waals surface area contributed by atoms with E-state index in [1.54, 1.807) is 0 Å². The Bertz CT molecular complexity index is 671. The lowest BCUT2D eigenvalue weighted by molar-refractivity contribution is 0.408. The van der Waals surface area contributed by atoms with Crippen LogP contribution in [0.3, 0.4) is 0 Å². The average molecular weight is 243 g/mol. The van der Waals surface area contributed by atoms with Crippen molar-refractivity contribution in [3.63, 3.8) is 0 Å². The third kappa shape index (κ3) is 1.81. The van der Waals surface area contributed by atoms with Crippen molar-refractivity contribution in [3.8, 4) is 0 Å². The predicted molar refractivity (Wildman–Crippen MR) is 66.9 cm³/mol. The van der Waals surface area contributed by atoms with Gasteiger partial charge in [-0.05, 0) is 25.1 Å². The molecule has 0 spiro atoms. The van der Waals surface area contributed by atoms with E-state index in [0.717, 1.165) is 29.1 Å². The molecule has 6 heteroatoms. The van der Waals surface area contributed by atoms with Crippen molar-refractivity contribution in [1.29, 1.82) is 0 Å². The predicted octanol–water partition coefficient (Wildman–Crippen LogP) is 1.55. The van der Waals surface area contributed by atoms with Crippen LogP contribution >= 0.6 is 0 Å². The number of nitrogens with two attached hydrogens (primary N) is 1. The number of aromatic nitrogens is 4. The lowest BCUT2D eigenvalue weighted by Crippen LogP contribution is -2.04. The Balaban J connectivity index is 1.93. The van der Waals surface area contributed by atoms with Crippen LogP contribution in [0.15, 0.2) is 29.1 Å². The van der Waals surface area contributed by atoms with Crippen LogP contribution in [0.4, 0.5) is 5.69 Å². The van der Waals surface area contributed by atoms with E-state index in [9.17, 15) is 0 Å². The van der Waals surface area contributed by atoms with Crippen LogP contribution in [-0.2, 0) is 13.0 Å². The quantitative estimate of drug-likeness (QED) is 0.706. The summed E-state index contributed by atoms with van der Waals surface area (Å²) in [6.07, 6.45) is 2.06. The third-order valence-corrected chi connectivity index (χ3v) is 2.93. The van der Waals surface area contributed by atoms with Gasteiger partial charge < -0.3 is 14.8 Å². The summed E-state index contributed by atoms with van der Waals surface area (Å²) in [7, 11) is 0. The first-order valence-electron chi connectivity index (χ1n) is 5.71. The van der Waals surface area contributed by atoms with Gasteiger partial charge in [0.2, 0.25) is 6.39 Å². The number of benzene rings is 1. The number of hydrogen-bond acceptors (Lipinski definition) is 5. The smallest absolute Gasteiger partial charge is 0.213 e. The van der Waals surface area contributed by atoms with E-state index in [1.165, 1.54) is 6.39 Å². The van der Waals surface area contributed by atoms with E-state index in [4.69, 9.17) is 10.3 Å². The summed E-state index contributed by atoms with van der Waals surface area (Å²) in [5, 5.41) is 3.80. The normalized spacial score (nSPS) is 11.2. The Labute approximate surface area is 103 Å². The van der Waals surface area contributed by atoms with E-state index in [-0.39, 0.29) is 0 Å². The Kier molecular flexibility index (Phi) is 2.47. The van der Waals surface area contributed by atoms with Gasteiger partial charge in [0.1, 0.15) is 5.82 Å². The number of nitrogens with zero attached hydrogens (tertiary/aromatic N) is 4. The number of nitrogen functional groups attached to an aromatic ring is 1. The topological polar surface area (TPSA) is 82.8 Å². The Morgan fingerprint density at radius 2 is 2.28 bits per heavy atom. The maximum absolute atomic E-state index is 5.75. The molecule has 0 aliphatic carbocycles. The zero-order chi connectivity index (χ0) is 12.5. The maximum Gasteiger partial charge on any atom is 0.213 e. The molecular weight excluding hydrogens is 230 g/mol. The van der Waals surface area contributed by atoms with Crippen molar-refractivity contribution in [3.05, 3.63) is 36.2 Å². The van der Waals surface area contributed by atoms with E-state index in [2.05, 4.69) is 19.7 Å². The molecule has 0 saturated heterocycles. The standard InChI is InChI=1S/C12H13N5O/c1-8-15-10-6-9(13)2-3-11(10)17(8)5-4-12-14-7-18-16-12/h2-3,6-7H,4-5,13H2,1H3. The van der Waals surface area contributed by atoms with E-state index >= 15 is 0 Å². The Hall–Kier alpha value is -2.37. The van der Waals surface area contributed by atoms with Crippen molar-refractivity contribution >= 4 is 16.7 Å². The van der Waals surface area contributed by atoms with Crippen molar-refractivity contribution in [2.75, 3.05) is 5.73 Å². The van der Waals surface area contributed by atoms with Gasteiger partial charge in [0, 0.05) is 18.7 Å². The molecule has 0 radical (unpaired) electrons. The molecule has 0 unspecified atom stereocenters. The molecule has 18 heavy (non-hydrogen) atoms. The molecule has 0 bridgehead atoms. The minimum Gasteiger partial charge on any atom is -0.399 e. The van der Waals surface area contributed by atoms with Crippen molar-refractivity contribution in [1.82, 2.24) is 19.7 Å². The molecule has 0 aliphatic rings. The molecule has 0 aliphatic heterocycles. The van der Waals surface area contributed by atoms with E-state index in [1.807, 2.05) is 25.1 Å². The van der Waals surface area contributed by atoms with Gasteiger partial charge in [0.05, 0.1) is 11.0 Å². The van der Waals surface area contributed by atoms with Gasteiger partial charge in [-0.3, -0.25) is 0 Å². The number of rotatable bonds is 3. The molecule has 2 aromatic heterocycles. The second-order valence-electron chi connectivity index (χ2n) is 4.16. The lowest BCUT2D eigenvalue weighted by Gasteiger charge is -2.04. The SMILES string of the molecule is Cc1nc2cc(N)ccc2n1CCc1ncon1. The van der Waals surface area contributed by atoms with Crippen molar-refractivity contribution < 1.29 is 4.52 Å². The minimum atomic E-state index is 0.701. The fourth-order valence-corrected chi connectivity index (χ4v) is 2.06. The monoisotopic (exact) mass is 243 g/mol. The summed E-state index contributed by atoms with van der Waals surface area (Å²) in [5.41, 5.74) is 8.47. The minimum absolute atomic E-state index is 0.701. The molecule has 0 fully saturated rings. The van der Waals surface area contributed by atoms with Gasteiger partial charge in [-0.15, -0.1) is 0 Å². The number of imidazole rings is 1. The number of fused-ring (bicyclic) bond motifs is 1. The molecule has 0 saturated carbocycles. The summed E-state index contributed by atoms with van der Waals surface area (Å²) in [4.78, 5) is 8.50. The van der Waals surface area contributed by atoms with E-state index < -0.39 is 0 Å². The van der Waals surface area contributed by atoms with Gasteiger partial charge in [0.25, 0.3) is 0 Å². The summed E-state index contributed by atoms with van der Waals surface area (Å²) < 4.78 is 6.85. The average Bonchev–Trinajstić information content (AvgIpc) is 2.93. The number of aryl methyl sites for hydroxylation is 3. The van der Waals surface area contributed by atoms with Crippen LogP contribution < -0.4 is 5.73 Å². The molecule has 2 heterocycles. The largest absolute Gasteiger partial charge is 0.399 e. The highest BCUT2D eigenvalue weighted by atomic mass is 16.5. The van der Waals surface area contributed by atoms with Gasteiger partial charge in [-0.25, -0.2) is 4.98 Å². The van der Waals surface area contributed by atoms with Crippen molar-refractivity contribution in [2.24, 2.45) is 0 Å². The summed E-state index contributed by atoms with van der Waals surface area (Å²) in [6.45, 7) is 2.75. The highest BCUT2D eigenvalue weighted by Crippen LogP contribution is 2.19. The first kappa shape index (κ1) is 10.8. The molecule has 3 rings (SSSR count). The highest BCUT2D eigenvalue weighted by Gasteiger charge is 2.08. The molecule has 6 nitrogen and oxygen atoms in total. The molecule has 92 valence electrons.